The van der Waals surface area contributed by atoms with E-state index in [9.17, 15) is 10.2 Å². The number of halogens is 1. The monoisotopic (exact) mass is 373 g/mol. The third-order valence-corrected chi connectivity index (χ3v) is 4.89. The maximum absolute atomic E-state index is 10.2. The van der Waals surface area contributed by atoms with Crippen LogP contribution in [0, 0.1) is 0 Å². The summed E-state index contributed by atoms with van der Waals surface area (Å²) in [5.74, 6) is 0.284. The van der Waals surface area contributed by atoms with E-state index in [2.05, 4.69) is 11.0 Å². The summed E-state index contributed by atoms with van der Waals surface area (Å²) in [5.41, 5.74) is 3.36. The Bertz CT molecular complexity index is 745. The topological polar surface area (TPSA) is 52.9 Å². The molecule has 0 radical (unpaired) electrons. The zero-order valence-electron chi connectivity index (χ0n) is 14.6. The highest BCUT2D eigenvalue weighted by atomic mass is 35.5. The van der Waals surface area contributed by atoms with Crippen molar-refractivity contribution in [1.29, 1.82) is 0 Å². The lowest BCUT2D eigenvalue weighted by molar-refractivity contribution is 0.0115. The fourth-order valence-corrected chi connectivity index (χ4v) is 3.28. The van der Waals surface area contributed by atoms with Crippen LogP contribution in [0.25, 0.3) is 5.57 Å². The van der Waals surface area contributed by atoms with Gasteiger partial charge in [-0.2, -0.15) is 0 Å². The van der Waals surface area contributed by atoms with Crippen molar-refractivity contribution in [1.82, 2.24) is 4.90 Å². The molecule has 5 heteroatoms. The maximum Gasteiger partial charge on any atom is 0.115 e. The number of β-amino-alcohol motifs (C(OH)–C–C–N with tert-alkyl or cyclic N) is 1. The van der Waals surface area contributed by atoms with Gasteiger partial charge in [-0.1, -0.05) is 48.0 Å². The van der Waals surface area contributed by atoms with Gasteiger partial charge in [0.15, 0.2) is 0 Å². The highest BCUT2D eigenvalue weighted by molar-refractivity contribution is 6.31. The summed E-state index contributed by atoms with van der Waals surface area (Å²) in [5, 5.41) is 20.3. The Hall–Kier alpha value is -1.85. The molecule has 0 saturated carbocycles. The Balaban J connectivity index is 1.42. The van der Waals surface area contributed by atoms with Crippen LogP contribution in [0.15, 0.2) is 54.6 Å². The number of aliphatic hydroxyl groups excluding tert-OH is 1. The van der Waals surface area contributed by atoms with Crippen molar-refractivity contribution in [2.45, 2.75) is 19.1 Å². The predicted molar refractivity (Wildman–Crippen MR) is 104 cm³/mol. The van der Waals surface area contributed by atoms with Crippen LogP contribution in [0.3, 0.4) is 0 Å². The van der Waals surface area contributed by atoms with E-state index in [1.54, 1.807) is 12.1 Å². The molecule has 1 heterocycles. The van der Waals surface area contributed by atoms with Gasteiger partial charge in [-0.15, -0.1) is 0 Å². The van der Waals surface area contributed by atoms with Crippen molar-refractivity contribution in [3.05, 3.63) is 70.8 Å². The molecular weight excluding hydrogens is 350 g/mol. The minimum atomic E-state index is -0.527. The van der Waals surface area contributed by atoms with Crippen LogP contribution in [0.5, 0.6) is 5.75 Å². The number of hydrogen-bond donors (Lipinski definition) is 2. The van der Waals surface area contributed by atoms with Crippen molar-refractivity contribution in [3.63, 3.8) is 0 Å². The van der Waals surface area contributed by atoms with E-state index >= 15 is 0 Å². The van der Waals surface area contributed by atoms with Crippen molar-refractivity contribution in [2.24, 2.45) is 0 Å². The molecule has 2 aromatic rings. The van der Waals surface area contributed by atoms with Crippen molar-refractivity contribution < 1.29 is 14.9 Å². The number of phenolic OH excluding ortho intramolecular Hbond substituents is 1. The molecule has 138 valence electrons. The predicted octanol–water partition coefficient (Wildman–Crippen LogP) is 3.71. The fraction of sp³-hybridized carbons (Fsp3) is 0.333. The van der Waals surface area contributed by atoms with Gasteiger partial charge < -0.3 is 14.9 Å². The third kappa shape index (κ3) is 5.32. The summed E-state index contributed by atoms with van der Waals surface area (Å²) >= 11 is 6.10. The SMILES string of the molecule is Oc1ccc(C2=CCN(CC(O)COCc3ccccc3Cl)CC2)cc1. The molecule has 1 atom stereocenters. The van der Waals surface area contributed by atoms with Crippen LogP contribution in [-0.2, 0) is 11.3 Å². The van der Waals surface area contributed by atoms with Crippen LogP contribution in [0.1, 0.15) is 17.5 Å². The molecule has 2 N–H and O–H groups in total. The average molecular weight is 374 g/mol. The number of benzene rings is 2. The summed E-state index contributed by atoms with van der Waals surface area (Å²) in [6, 6.07) is 14.9. The smallest absolute Gasteiger partial charge is 0.115 e. The van der Waals surface area contributed by atoms with E-state index in [4.69, 9.17) is 16.3 Å². The maximum atomic E-state index is 10.2. The van der Waals surface area contributed by atoms with E-state index < -0.39 is 6.10 Å². The Kier molecular flexibility index (Phi) is 6.69. The normalized spacial score (nSPS) is 16.3. The standard InChI is InChI=1S/C21H24ClNO3/c22-21-4-2-1-3-18(21)14-26-15-20(25)13-23-11-9-17(10-12-23)16-5-7-19(24)8-6-16/h1-9,20,24-25H,10-15H2. The average Bonchev–Trinajstić information content (AvgIpc) is 2.65. The zero-order valence-corrected chi connectivity index (χ0v) is 15.4. The Morgan fingerprint density at radius 2 is 1.88 bits per heavy atom. The first-order valence-corrected chi connectivity index (χ1v) is 9.19. The van der Waals surface area contributed by atoms with Gasteiger partial charge in [0.2, 0.25) is 0 Å². The molecule has 0 spiro atoms. The third-order valence-electron chi connectivity index (χ3n) is 4.53. The van der Waals surface area contributed by atoms with E-state index in [0.29, 0.717) is 18.2 Å². The van der Waals surface area contributed by atoms with E-state index in [-0.39, 0.29) is 12.4 Å². The van der Waals surface area contributed by atoms with Crippen LogP contribution < -0.4 is 0 Å². The van der Waals surface area contributed by atoms with Gasteiger partial charge in [-0.05, 0) is 41.3 Å². The molecule has 0 fully saturated rings. The number of rotatable bonds is 7. The van der Waals surface area contributed by atoms with Crippen molar-refractivity contribution >= 4 is 17.2 Å². The van der Waals surface area contributed by atoms with Crippen molar-refractivity contribution in [2.75, 3.05) is 26.2 Å². The van der Waals surface area contributed by atoms with E-state index in [1.165, 1.54) is 5.57 Å². The molecule has 0 bridgehead atoms. The molecule has 1 aliphatic rings. The van der Waals surface area contributed by atoms with Gasteiger partial charge in [0.25, 0.3) is 0 Å². The molecule has 0 amide bonds. The first-order chi connectivity index (χ1) is 12.6. The molecule has 2 aromatic carbocycles. The van der Waals surface area contributed by atoms with Crippen LogP contribution in [-0.4, -0.2) is 47.5 Å². The van der Waals surface area contributed by atoms with Crippen LogP contribution >= 0.6 is 11.6 Å². The quantitative estimate of drug-likeness (QED) is 0.776. The van der Waals surface area contributed by atoms with Crippen molar-refractivity contribution in [3.8, 4) is 5.75 Å². The fourth-order valence-electron chi connectivity index (χ4n) is 3.09. The summed E-state index contributed by atoms with van der Waals surface area (Å²) < 4.78 is 5.61. The molecule has 1 aliphatic heterocycles. The number of phenols is 1. The van der Waals surface area contributed by atoms with Gasteiger partial charge in [-0.3, -0.25) is 4.90 Å². The number of ether oxygens (including phenoxy) is 1. The number of hydrogen-bond acceptors (Lipinski definition) is 4. The lowest BCUT2D eigenvalue weighted by Gasteiger charge is -2.28. The minimum absolute atomic E-state index is 0.284. The lowest BCUT2D eigenvalue weighted by Crippen LogP contribution is -2.37. The van der Waals surface area contributed by atoms with Gasteiger partial charge in [-0.25, -0.2) is 0 Å². The first-order valence-electron chi connectivity index (χ1n) is 8.82. The number of nitrogens with zero attached hydrogens (tertiary/aromatic N) is 1. The molecule has 26 heavy (non-hydrogen) atoms. The summed E-state index contributed by atoms with van der Waals surface area (Å²) in [4.78, 5) is 2.22. The second-order valence-corrected chi connectivity index (χ2v) is 6.95. The van der Waals surface area contributed by atoms with Gasteiger partial charge in [0.05, 0.1) is 19.3 Å². The lowest BCUT2D eigenvalue weighted by atomic mass is 9.99. The summed E-state index contributed by atoms with van der Waals surface area (Å²) in [6.07, 6.45) is 2.59. The molecule has 0 saturated heterocycles. The molecule has 1 unspecified atom stereocenters. The minimum Gasteiger partial charge on any atom is -0.508 e. The molecule has 0 aliphatic carbocycles. The highest BCUT2D eigenvalue weighted by Gasteiger charge is 2.16. The second-order valence-electron chi connectivity index (χ2n) is 6.55. The Morgan fingerprint density at radius 1 is 1.12 bits per heavy atom. The Labute approximate surface area is 159 Å². The zero-order chi connectivity index (χ0) is 18.4. The van der Waals surface area contributed by atoms with Gasteiger partial charge >= 0.3 is 0 Å². The van der Waals surface area contributed by atoms with Crippen LogP contribution in [0.2, 0.25) is 5.02 Å². The molecular formula is C21H24ClNO3. The van der Waals surface area contributed by atoms with E-state index in [0.717, 1.165) is 30.6 Å². The Morgan fingerprint density at radius 3 is 2.58 bits per heavy atom. The van der Waals surface area contributed by atoms with Crippen LogP contribution in [0.4, 0.5) is 0 Å². The molecule has 0 aromatic heterocycles. The first kappa shape index (κ1) is 18.9. The highest BCUT2D eigenvalue weighted by Crippen LogP contribution is 2.24. The largest absolute Gasteiger partial charge is 0.508 e. The van der Waals surface area contributed by atoms with Gasteiger partial charge in [0.1, 0.15) is 5.75 Å². The molecule has 3 rings (SSSR count). The van der Waals surface area contributed by atoms with E-state index in [1.807, 2.05) is 36.4 Å². The summed E-state index contributed by atoms with van der Waals surface area (Å²) in [6.45, 7) is 2.98. The number of aliphatic hydroxyl groups is 1. The van der Waals surface area contributed by atoms with Gasteiger partial charge in [0, 0.05) is 24.7 Å². The summed E-state index contributed by atoms with van der Waals surface area (Å²) in [7, 11) is 0. The molecule has 4 nitrogen and oxygen atoms in total. The second kappa shape index (κ2) is 9.19. The number of aromatic hydroxyl groups is 1.